The first kappa shape index (κ1) is 26.4. The molecular formula is C26H32BN2Na+. The Balaban J connectivity index is 0.000000529. The van der Waals surface area contributed by atoms with Gasteiger partial charge in [0.25, 0.3) is 0 Å². The zero-order valence-corrected chi connectivity index (χ0v) is 20.7. The van der Waals surface area contributed by atoms with Gasteiger partial charge in [-0.2, -0.15) is 0 Å². The van der Waals surface area contributed by atoms with Crippen molar-refractivity contribution >= 4 is 8.41 Å². The summed E-state index contributed by atoms with van der Waals surface area (Å²) in [6, 6.07) is 25.4. The Hall–Kier alpha value is -1.65. The molecule has 3 aromatic rings. The minimum atomic E-state index is 0. The summed E-state index contributed by atoms with van der Waals surface area (Å²) in [5, 5.41) is 0. The summed E-state index contributed by atoms with van der Waals surface area (Å²) in [6.07, 6.45) is 7.81. The van der Waals surface area contributed by atoms with Crippen molar-refractivity contribution in [3.05, 3.63) is 114 Å². The number of rotatable bonds is 4. The predicted octanol–water partition coefficient (Wildman–Crippen LogP) is 1.91. The van der Waals surface area contributed by atoms with E-state index in [0.717, 1.165) is 19.6 Å². The Kier molecular flexibility index (Phi) is 12.6. The number of benzene rings is 2. The van der Waals surface area contributed by atoms with Crippen LogP contribution in [-0.4, -0.2) is 26.4 Å². The topological polar surface area (TPSA) is 7.12 Å². The average Bonchev–Trinajstić information content (AvgIpc) is 2.70. The summed E-state index contributed by atoms with van der Waals surface area (Å²) in [6.45, 7) is 8.70. The zero-order chi connectivity index (χ0) is 19.6. The van der Waals surface area contributed by atoms with Crippen molar-refractivity contribution in [3.63, 3.8) is 0 Å². The second-order valence-electron chi connectivity index (χ2n) is 7.57. The van der Waals surface area contributed by atoms with Crippen LogP contribution in [0.15, 0.2) is 96.8 Å². The van der Waals surface area contributed by atoms with E-state index >= 15 is 0 Å². The fourth-order valence-corrected chi connectivity index (χ4v) is 3.51. The van der Waals surface area contributed by atoms with Gasteiger partial charge in [0.15, 0.2) is 18.9 Å². The SMILES string of the molecule is CC1=CCCN(Cc2ccccc2)C1.Cc1ccc[n+](Cc2ccccc2)c1.[B].[H-].[Na+]. The molecule has 0 saturated heterocycles. The molecule has 30 heavy (non-hydrogen) atoms. The third kappa shape index (κ3) is 9.44. The van der Waals surface area contributed by atoms with Crippen LogP contribution in [0.3, 0.4) is 0 Å². The van der Waals surface area contributed by atoms with Gasteiger partial charge in [-0.25, -0.2) is 4.57 Å². The number of hydrogen-bond acceptors (Lipinski definition) is 1. The molecule has 2 heterocycles. The number of nitrogens with zero attached hydrogens (tertiary/aromatic N) is 2. The standard InChI is InChI=1S/C13H17N.C13H14N.B.Na.H/c2*1-12-6-5-9-14(10-12)11-13-7-3-2-4-8-13;;;/h2-4,6-8H,5,9-11H2,1H3;2-10H,11H2,1H3;;;/q;+1;;+1;-1. The maximum absolute atomic E-state index is 2.50. The predicted molar refractivity (Wildman–Crippen MR) is 124 cm³/mol. The van der Waals surface area contributed by atoms with Crippen molar-refractivity contribution in [2.24, 2.45) is 0 Å². The molecule has 1 aliphatic rings. The van der Waals surface area contributed by atoms with Crippen LogP contribution in [0, 0.1) is 6.92 Å². The van der Waals surface area contributed by atoms with Crippen LogP contribution < -0.4 is 34.1 Å². The summed E-state index contributed by atoms with van der Waals surface area (Å²) in [5.74, 6) is 0. The van der Waals surface area contributed by atoms with E-state index in [0.29, 0.717) is 0 Å². The molecule has 2 nitrogen and oxygen atoms in total. The van der Waals surface area contributed by atoms with Gasteiger partial charge in [-0.05, 0) is 31.9 Å². The smallest absolute Gasteiger partial charge is 1.00 e. The molecular weight excluding hydrogens is 374 g/mol. The molecule has 149 valence electrons. The maximum atomic E-state index is 2.50. The van der Waals surface area contributed by atoms with Gasteiger partial charge < -0.3 is 1.43 Å². The first-order valence-corrected chi connectivity index (χ1v) is 10.1. The molecule has 0 saturated carbocycles. The van der Waals surface area contributed by atoms with Gasteiger partial charge in [0.1, 0.15) is 0 Å². The number of hydrogen-bond donors (Lipinski definition) is 0. The minimum absolute atomic E-state index is 0. The molecule has 0 atom stereocenters. The van der Waals surface area contributed by atoms with Gasteiger partial charge in [-0.1, -0.05) is 72.3 Å². The van der Waals surface area contributed by atoms with Crippen LogP contribution in [0.4, 0.5) is 0 Å². The van der Waals surface area contributed by atoms with Gasteiger partial charge in [0, 0.05) is 45.2 Å². The second kappa shape index (κ2) is 14.4. The van der Waals surface area contributed by atoms with Gasteiger partial charge >= 0.3 is 29.6 Å². The Morgan fingerprint density at radius 1 is 0.867 bits per heavy atom. The molecule has 0 unspecified atom stereocenters. The number of pyridine rings is 1. The van der Waals surface area contributed by atoms with E-state index in [1.807, 2.05) is 6.07 Å². The quantitative estimate of drug-likeness (QED) is 0.365. The molecule has 0 fully saturated rings. The Labute approximate surface area is 208 Å². The van der Waals surface area contributed by atoms with E-state index in [2.05, 4.69) is 109 Å². The molecule has 0 aliphatic carbocycles. The molecule has 0 N–H and O–H groups in total. The van der Waals surface area contributed by atoms with Crippen molar-refractivity contribution in [2.45, 2.75) is 33.4 Å². The fourth-order valence-electron chi connectivity index (χ4n) is 3.51. The van der Waals surface area contributed by atoms with E-state index in [4.69, 9.17) is 0 Å². The summed E-state index contributed by atoms with van der Waals surface area (Å²) in [4.78, 5) is 2.50. The van der Waals surface area contributed by atoms with Crippen LogP contribution in [-0.2, 0) is 13.1 Å². The molecule has 3 radical (unpaired) electrons. The van der Waals surface area contributed by atoms with E-state index in [9.17, 15) is 0 Å². The van der Waals surface area contributed by atoms with Gasteiger partial charge in [-0.3, -0.25) is 4.90 Å². The largest absolute Gasteiger partial charge is 1.00 e. The van der Waals surface area contributed by atoms with Gasteiger partial charge in [-0.15, -0.1) is 0 Å². The van der Waals surface area contributed by atoms with E-state index in [1.54, 1.807) is 0 Å². The first-order valence-electron chi connectivity index (χ1n) is 10.1. The summed E-state index contributed by atoms with van der Waals surface area (Å²) in [7, 11) is 0. The zero-order valence-electron chi connectivity index (χ0n) is 19.7. The fraction of sp³-hybridized carbons (Fsp3) is 0.269. The van der Waals surface area contributed by atoms with E-state index in [1.165, 1.54) is 35.2 Å². The summed E-state index contributed by atoms with van der Waals surface area (Å²) in [5.41, 5.74) is 5.56. The van der Waals surface area contributed by atoms with Crippen molar-refractivity contribution in [2.75, 3.05) is 13.1 Å². The summed E-state index contributed by atoms with van der Waals surface area (Å²) >= 11 is 0. The molecule has 0 spiro atoms. The normalized spacial score (nSPS) is 13.1. The monoisotopic (exact) mass is 406 g/mol. The van der Waals surface area contributed by atoms with Gasteiger partial charge in [0.2, 0.25) is 0 Å². The molecule has 4 rings (SSSR count). The van der Waals surface area contributed by atoms with Crippen LogP contribution in [0.25, 0.3) is 0 Å². The molecule has 1 aromatic heterocycles. The van der Waals surface area contributed by atoms with E-state index < -0.39 is 0 Å². The number of aryl methyl sites for hydroxylation is 1. The van der Waals surface area contributed by atoms with Crippen LogP contribution in [0.1, 0.15) is 31.5 Å². The van der Waals surface area contributed by atoms with Crippen molar-refractivity contribution in [1.82, 2.24) is 4.90 Å². The first-order chi connectivity index (χ1) is 13.7. The van der Waals surface area contributed by atoms with Crippen molar-refractivity contribution < 1.29 is 35.6 Å². The second-order valence-corrected chi connectivity index (χ2v) is 7.57. The van der Waals surface area contributed by atoms with Crippen molar-refractivity contribution in [3.8, 4) is 0 Å². The van der Waals surface area contributed by atoms with Crippen molar-refractivity contribution in [1.29, 1.82) is 0 Å². The molecule has 4 heteroatoms. The third-order valence-corrected chi connectivity index (χ3v) is 4.87. The Morgan fingerprint density at radius 3 is 2.10 bits per heavy atom. The summed E-state index contributed by atoms with van der Waals surface area (Å²) < 4.78 is 2.20. The number of aromatic nitrogens is 1. The molecule has 1 aliphatic heterocycles. The molecule has 0 bridgehead atoms. The van der Waals surface area contributed by atoms with Crippen LogP contribution in [0.5, 0.6) is 0 Å². The third-order valence-electron chi connectivity index (χ3n) is 4.87. The maximum Gasteiger partial charge on any atom is 1.00 e. The Morgan fingerprint density at radius 2 is 1.50 bits per heavy atom. The van der Waals surface area contributed by atoms with Gasteiger partial charge in [0.05, 0.1) is 0 Å². The van der Waals surface area contributed by atoms with E-state index in [-0.39, 0.29) is 39.4 Å². The molecule has 0 amide bonds. The van der Waals surface area contributed by atoms with Crippen LogP contribution in [0.2, 0.25) is 0 Å². The Bertz CT molecular complexity index is 888. The molecule has 2 aromatic carbocycles. The average molecular weight is 406 g/mol. The van der Waals surface area contributed by atoms with Crippen LogP contribution >= 0.6 is 0 Å². The minimum Gasteiger partial charge on any atom is -1.00 e.